The number of anilines is 1. The van der Waals surface area contributed by atoms with Crippen molar-refractivity contribution in [1.29, 1.82) is 0 Å². The number of nitrogens with one attached hydrogen (secondary N) is 1. The average molecular weight is 504 g/mol. The first-order chi connectivity index (χ1) is 14.1. The Morgan fingerprint density at radius 2 is 1.90 bits per heavy atom. The van der Waals surface area contributed by atoms with Crippen molar-refractivity contribution in [3.63, 3.8) is 0 Å². The quantitative estimate of drug-likeness (QED) is 0.204. The average Bonchev–Trinajstić information content (AvgIpc) is 3.13. The van der Waals surface area contributed by atoms with Crippen molar-refractivity contribution in [2.75, 3.05) is 18.2 Å². The maximum Gasteiger partial charge on any atom is 0.470 e. The van der Waals surface area contributed by atoms with Crippen molar-refractivity contribution < 1.29 is 51.9 Å². The van der Waals surface area contributed by atoms with Crippen molar-refractivity contribution in [1.82, 2.24) is 19.5 Å². The Balaban J connectivity index is 1.85. The van der Waals surface area contributed by atoms with E-state index in [1.165, 1.54) is 0 Å². The van der Waals surface area contributed by atoms with Crippen molar-refractivity contribution in [3.05, 3.63) is 23.1 Å². The highest BCUT2D eigenvalue weighted by atomic mass is 31.2. The normalized spacial score (nSPS) is 24.5. The topological polar surface area (TPSA) is 270 Å². The molecule has 1 saturated heterocycles. The van der Waals surface area contributed by atoms with Gasteiger partial charge in [-0.25, -0.2) is 9.55 Å². The molecule has 0 amide bonds. The van der Waals surface area contributed by atoms with Gasteiger partial charge in [-0.05, 0) is 0 Å². The number of aromatic amines is 1. The van der Waals surface area contributed by atoms with Gasteiger partial charge in [0.15, 0.2) is 23.3 Å². The lowest BCUT2D eigenvalue weighted by molar-refractivity contribution is -0.0453. The van der Waals surface area contributed by atoms with E-state index in [4.69, 9.17) is 30.0 Å². The number of H-pyrrole nitrogens is 1. The van der Waals surface area contributed by atoms with Gasteiger partial charge in [0.1, 0.15) is 6.10 Å². The summed E-state index contributed by atoms with van der Waals surface area (Å²) < 4.78 is 50.0. The maximum atomic E-state index is 11.9. The highest BCUT2D eigenvalue weighted by molar-refractivity contribution is 7.70. The van der Waals surface area contributed by atoms with E-state index < -0.39 is 59.5 Å². The molecule has 1 fully saturated rings. The van der Waals surface area contributed by atoms with Crippen LogP contribution in [0.1, 0.15) is 6.23 Å². The summed E-state index contributed by atoms with van der Waals surface area (Å²) in [5, 5.41) is 0. The predicted octanol–water partition coefficient (Wildman–Crippen LogP) is -1.38. The minimum absolute atomic E-state index is 0.102. The summed E-state index contributed by atoms with van der Waals surface area (Å²) in [6.07, 6.45) is -1.87. The van der Waals surface area contributed by atoms with Crippen LogP contribution < -0.4 is 11.3 Å². The van der Waals surface area contributed by atoms with Gasteiger partial charge >= 0.3 is 23.0 Å². The molecule has 3 rings (SSSR count). The predicted molar refractivity (Wildman–Crippen MR) is 100 cm³/mol. The molecular weight excluding hydrogens is 487 g/mol. The Kier molecular flexibility index (Phi) is 6.60. The number of aromatic nitrogens is 4. The van der Waals surface area contributed by atoms with E-state index >= 15 is 0 Å². The zero-order valence-corrected chi connectivity index (χ0v) is 17.8. The van der Waals surface area contributed by atoms with Crippen LogP contribution in [-0.2, 0) is 27.5 Å². The molecule has 1 aliphatic rings. The minimum Gasteiger partial charge on any atom is -0.369 e. The number of hydrogen-bond donors (Lipinski definition) is 7. The van der Waals surface area contributed by atoms with Crippen LogP contribution >= 0.6 is 23.0 Å². The molecule has 173 valence electrons. The Bertz CT molecular complexity index is 1170. The van der Waals surface area contributed by atoms with Crippen LogP contribution in [0.25, 0.3) is 11.2 Å². The number of hydrogen-bond acceptors (Lipinski definition) is 10. The second-order valence-electron chi connectivity index (χ2n) is 6.33. The van der Waals surface area contributed by atoms with Gasteiger partial charge in [-0.3, -0.25) is 28.0 Å². The van der Waals surface area contributed by atoms with Crippen LogP contribution in [0.4, 0.5) is 5.95 Å². The Labute approximate surface area is 172 Å². The fourth-order valence-electron chi connectivity index (χ4n) is 2.77. The molecule has 3 heterocycles. The first-order valence-electron chi connectivity index (χ1n) is 8.11. The number of fused-ring (bicyclic) bond motifs is 1. The van der Waals surface area contributed by atoms with Gasteiger partial charge < -0.3 is 39.5 Å². The molecule has 0 saturated carbocycles. The second-order valence-corrected chi connectivity index (χ2v) is 11.5. The van der Waals surface area contributed by atoms with Gasteiger partial charge in [0.25, 0.3) is 5.56 Å². The molecule has 8 N–H and O–H groups in total. The third-order valence-corrected chi connectivity index (χ3v) is 7.76. The van der Waals surface area contributed by atoms with Crippen LogP contribution in [0, 0.1) is 6.42 Å². The zero-order valence-electron chi connectivity index (χ0n) is 15.2. The van der Waals surface area contributed by atoms with Gasteiger partial charge in [-0.2, -0.15) is 4.98 Å². The number of nitrogen functional groups attached to an aromatic ring is 1. The van der Waals surface area contributed by atoms with Crippen LogP contribution in [0.5, 0.6) is 0 Å². The lowest BCUT2D eigenvalue weighted by atomic mass is 10.2. The van der Waals surface area contributed by atoms with Crippen molar-refractivity contribution in [2.24, 2.45) is 0 Å². The molecule has 2 unspecified atom stereocenters. The zero-order chi connectivity index (χ0) is 23.2. The molecule has 0 bridgehead atoms. The molecule has 1 radical (unpaired) electrons. The molecule has 2 aromatic rings. The fraction of sp³-hybridized carbons (Fsp3) is 0.455. The highest BCUT2D eigenvalue weighted by Crippen LogP contribution is 2.55. The molecule has 4 atom stereocenters. The number of nitrogens with two attached hydrogens (primary N) is 1. The Morgan fingerprint density at radius 1 is 1.23 bits per heavy atom. The molecule has 0 aromatic carbocycles. The summed E-state index contributed by atoms with van der Waals surface area (Å²) in [7, 11) is -14.6. The van der Waals surface area contributed by atoms with Crippen LogP contribution in [-0.4, -0.2) is 68.7 Å². The van der Waals surface area contributed by atoms with Gasteiger partial charge in [0.2, 0.25) is 5.95 Å². The summed E-state index contributed by atoms with van der Waals surface area (Å²) in [5.41, 5.74) is 4.56. The lowest BCUT2D eigenvalue weighted by Gasteiger charge is -2.20. The number of imidazole rings is 1. The number of phosphoric acid groups is 1. The molecular formula is C11H17N5O12P3. The Morgan fingerprint density at radius 3 is 2.52 bits per heavy atom. The van der Waals surface area contributed by atoms with E-state index in [0.29, 0.717) is 0 Å². The van der Waals surface area contributed by atoms with Gasteiger partial charge in [0.05, 0.1) is 19.0 Å². The van der Waals surface area contributed by atoms with E-state index in [1.807, 2.05) is 0 Å². The fourth-order valence-corrected chi connectivity index (χ4v) is 5.83. The largest absolute Gasteiger partial charge is 0.470 e. The van der Waals surface area contributed by atoms with Gasteiger partial charge in [0, 0.05) is 6.42 Å². The molecule has 20 heteroatoms. The molecule has 1 aliphatic heterocycles. The van der Waals surface area contributed by atoms with Crippen LogP contribution in [0.15, 0.2) is 11.1 Å². The van der Waals surface area contributed by atoms with E-state index in [9.17, 15) is 23.4 Å². The van der Waals surface area contributed by atoms with Crippen LogP contribution in [0.2, 0.25) is 0 Å². The summed E-state index contributed by atoms with van der Waals surface area (Å²) in [6, 6.07) is 0. The third-order valence-electron chi connectivity index (χ3n) is 3.79. The third kappa shape index (κ3) is 6.28. The molecule has 0 spiro atoms. The Hall–Kier alpha value is -1.48. The monoisotopic (exact) mass is 504 g/mol. The van der Waals surface area contributed by atoms with Crippen molar-refractivity contribution >= 4 is 40.1 Å². The smallest absolute Gasteiger partial charge is 0.369 e. The summed E-state index contributed by atoms with van der Waals surface area (Å²) in [6.45, 7) is -0.714. The summed E-state index contributed by atoms with van der Waals surface area (Å²) in [4.78, 5) is 67.4. The van der Waals surface area contributed by atoms with Gasteiger partial charge in [-0.1, -0.05) is 0 Å². The molecule has 2 aromatic heterocycles. The van der Waals surface area contributed by atoms with E-state index in [0.717, 1.165) is 17.3 Å². The maximum absolute atomic E-state index is 11.9. The minimum atomic E-state index is -5.05. The molecule has 17 nitrogen and oxygen atoms in total. The number of ether oxygens (including phenoxy) is 1. The first-order valence-corrected chi connectivity index (χ1v) is 13.2. The number of nitrogens with zero attached hydrogens (tertiary/aromatic N) is 3. The van der Waals surface area contributed by atoms with Gasteiger partial charge in [-0.15, -0.1) is 0 Å². The van der Waals surface area contributed by atoms with Crippen molar-refractivity contribution in [3.8, 4) is 0 Å². The standard InChI is InChI=1S/C11H17N5O12P3/c12-11-14-8-7(9(17)15-11)13-3-16(8)10-6(28-31(23,24)25)1-5(27-10)2-26-30(21,22)4-29(18,19)20/h1,3,5-6,10H,2,4H2,(H,21,22)(H2,18,19,20)(H2,23,24,25)(H3,12,14,15,17)/t5-,6?,10+/m0/s1. The second kappa shape index (κ2) is 8.46. The van der Waals surface area contributed by atoms with E-state index in [-0.39, 0.29) is 17.1 Å². The summed E-state index contributed by atoms with van der Waals surface area (Å²) >= 11 is 0. The van der Waals surface area contributed by atoms with E-state index in [2.05, 4.69) is 24.0 Å². The molecule has 0 aliphatic carbocycles. The highest BCUT2D eigenvalue weighted by Gasteiger charge is 2.43. The van der Waals surface area contributed by atoms with Crippen LogP contribution in [0.3, 0.4) is 0 Å². The number of phosphoric ester groups is 1. The number of rotatable bonds is 8. The van der Waals surface area contributed by atoms with E-state index in [1.54, 1.807) is 0 Å². The molecule has 31 heavy (non-hydrogen) atoms. The SMILES string of the molecule is Nc1nc2c(ncn2[C@@H]2O[C@H](COP(=O)(O)CP(=O)(O)O)[CH]C2OP(=O)(O)O)c(=O)[nH]1. The first kappa shape index (κ1) is 24.2. The lowest BCUT2D eigenvalue weighted by Crippen LogP contribution is -2.23. The summed E-state index contributed by atoms with van der Waals surface area (Å²) in [5.74, 6) is -1.70. The van der Waals surface area contributed by atoms with Crippen molar-refractivity contribution in [2.45, 2.75) is 18.4 Å².